The molecule has 7 nitrogen and oxygen atoms in total. The van der Waals surface area contributed by atoms with E-state index in [1.54, 1.807) is 0 Å². The van der Waals surface area contributed by atoms with E-state index < -0.39 is 5.92 Å². The van der Waals surface area contributed by atoms with Gasteiger partial charge in [0.05, 0.1) is 27.1 Å². The summed E-state index contributed by atoms with van der Waals surface area (Å²) in [6.07, 6.45) is 2.30. The molecule has 2 aromatic carbocycles. The predicted molar refractivity (Wildman–Crippen MR) is 149 cm³/mol. The van der Waals surface area contributed by atoms with Crippen LogP contribution in [-0.4, -0.2) is 60.4 Å². The molecule has 200 valence electrons. The van der Waals surface area contributed by atoms with Gasteiger partial charge in [-0.15, -0.1) is 0 Å². The first-order valence-electron chi connectivity index (χ1n) is 13.2. The number of hydrogen-bond donors (Lipinski definition) is 1. The van der Waals surface area contributed by atoms with Crippen molar-refractivity contribution in [1.82, 2.24) is 10.3 Å². The SMILES string of the molecule is CCCC(=O)C(CC)/C(CCC(=O)N(Cc1ccccc1)Cc1ccccc1)=N/NC(=O)C[N+](C)(C)C. The molecule has 0 bridgehead atoms. The lowest BCUT2D eigenvalue weighted by molar-refractivity contribution is -0.862. The second kappa shape index (κ2) is 15.1. The summed E-state index contributed by atoms with van der Waals surface area (Å²) in [5, 5.41) is 4.40. The van der Waals surface area contributed by atoms with Gasteiger partial charge in [0.15, 0.2) is 6.54 Å². The van der Waals surface area contributed by atoms with Crippen LogP contribution in [0.25, 0.3) is 0 Å². The van der Waals surface area contributed by atoms with E-state index in [9.17, 15) is 14.4 Å². The number of quaternary nitrogens is 1. The van der Waals surface area contributed by atoms with Gasteiger partial charge in [-0.05, 0) is 30.4 Å². The summed E-state index contributed by atoms with van der Waals surface area (Å²) >= 11 is 0. The Morgan fingerprint density at radius 1 is 0.838 bits per heavy atom. The minimum atomic E-state index is -0.408. The summed E-state index contributed by atoms with van der Waals surface area (Å²) in [5.74, 6) is -0.545. The van der Waals surface area contributed by atoms with Crippen molar-refractivity contribution < 1.29 is 18.9 Å². The molecule has 0 saturated carbocycles. The maximum absolute atomic E-state index is 13.5. The fourth-order valence-corrected chi connectivity index (χ4v) is 4.21. The Kier molecular flexibility index (Phi) is 12.2. The molecule has 0 heterocycles. The van der Waals surface area contributed by atoms with E-state index in [2.05, 4.69) is 10.5 Å². The summed E-state index contributed by atoms with van der Waals surface area (Å²) in [6, 6.07) is 19.8. The van der Waals surface area contributed by atoms with E-state index >= 15 is 0 Å². The highest BCUT2D eigenvalue weighted by atomic mass is 16.2. The molecule has 2 aromatic rings. The molecule has 0 fully saturated rings. The highest BCUT2D eigenvalue weighted by Gasteiger charge is 2.25. The number of Topliss-reactive ketones (excluding diaryl/α,β-unsaturated/α-hetero) is 1. The molecule has 1 unspecified atom stereocenters. The lowest BCUT2D eigenvalue weighted by Crippen LogP contribution is -2.43. The normalized spacial score (nSPS) is 12.6. The molecule has 0 aliphatic heterocycles. The van der Waals surface area contributed by atoms with Crippen LogP contribution in [0, 0.1) is 5.92 Å². The van der Waals surface area contributed by atoms with Crippen LogP contribution in [-0.2, 0) is 27.5 Å². The summed E-state index contributed by atoms with van der Waals surface area (Å²) in [6.45, 7) is 5.16. The highest BCUT2D eigenvalue weighted by molar-refractivity contribution is 6.06. The Morgan fingerprint density at radius 3 is 1.84 bits per heavy atom. The topological polar surface area (TPSA) is 78.8 Å². The minimum absolute atomic E-state index is 0.0177. The van der Waals surface area contributed by atoms with Crippen molar-refractivity contribution in [1.29, 1.82) is 0 Å². The molecule has 0 aromatic heterocycles. The number of hydrogen-bond acceptors (Lipinski definition) is 4. The van der Waals surface area contributed by atoms with Gasteiger partial charge in [-0.2, -0.15) is 5.10 Å². The number of amides is 2. The van der Waals surface area contributed by atoms with Crippen molar-refractivity contribution in [3.8, 4) is 0 Å². The average molecular weight is 508 g/mol. The number of benzene rings is 2. The molecule has 2 amide bonds. The van der Waals surface area contributed by atoms with Crippen molar-refractivity contribution in [3.05, 3.63) is 71.8 Å². The Labute approximate surface area is 222 Å². The van der Waals surface area contributed by atoms with Crippen LogP contribution < -0.4 is 5.43 Å². The predicted octanol–water partition coefficient (Wildman–Crippen LogP) is 4.57. The van der Waals surface area contributed by atoms with Crippen LogP contribution >= 0.6 is 0 Å². The monoisotopic (exact) mass is 507 g/mol. The third-order valence-corrected chi connectivity index (χ3v) is 6.02. The van der Waals surface area contributed by atoms with E-state index in [-0.39, 0.29) is 30.6 Å². The van der Waals surface area contributed by atoms with Crippen molar-refractivity contribution in [2.75, 3.05) is 27.7 Å². The first kappa shape index (κ1) is 29.9. The highest BCUT2D eigenvalue weighted by Crippen LogP contribution is 2.17. The van der Waals surface area contributed by atoms with Crippen molar-refractivity contribution in [3.63, 3.8) is 0 Å². The molecule has 2 rings (SSSR count). The third kappa shape index (κ3) is 11.1. The zero-order chi connectivity index (χ0) is 27.3. The Hall–Kier alpha value is -3.32. The maximum Gasteiger partial charge on any atom is 0.295 e. The standard InChI is InChI=1S/C30H42N4O3/c1-6-14-28(35)26(7-2)27(31-32-29(36)23-34(3,4)5)19-20-30(37)33(21-24-15-10-8-11-16-24)22-25-17-12-9-13-18-25/h8-13,15-18,26H,6-7,14,19-23H2,1-5H3/p+1/b31-27+. The van der Waals surface area contributed by atoms with Crippen molar-refractivity contribution >= 4 is 23.3 Å². The molecule has 37 heavy (non-hydrogen) atoms. The first-order chi connectivity index (χ1) is 17.6. The minimum Gasteiger partial charge on any atom is -0.334 e. The van der Waals surface area contributed by atoms with Crippen LogP contribution in [0.5, 0.6) is 0 Å². The van der Waals surface area contributed by atoms with Gasteiger partial charge in [0.1, 0.15) is 5.78 Å². The lowest BCUT2D eigenvalue weighted by atomic mass is 9.90. The second-order valence-corrected chi connectivity index (χ2v) is 10.5. The zero-order valence-corrected chi connectivity index (χ0v) is 23.1. The molecule has 0 aliphatic rings. The smallest absolute Gasteiger partial charge is 0.295 e. The molecule has 0 saturated heterocycles. The number of ketones is 1. The molecule has 1 atom stereocenters. The zero-order valence-electron chi connectivity index (χ0n) is 23.1. The number of likely N-dealkylation sites (N-methyl/N-ethyl adjacent to an activating group) is 1. The van der Waals surface area contributed by atoms with Gasteiger partial charge < -0.3 is 9.38 Å². The summed E-state index contributed by atoms with van der Waals surface area (Å²) in [7, 11) is 5.78. The number of carbonyl (C=O) groups is 3. The van der Waals surface area contributed by atoms with E-state index in [1.165, 1.54) is 0 Å². The van der Waals surface area contributed by atoms with Gasteiger partial charge in [-0.3, -0.25) is 14.4 Å². The van der Waals surface area contributed by atoms with E-state index in [0.29, 0.717) is 42.5 Å². The molecule has 0 radical (unpaired) electrons. The van der Waals surface area contributed by atoms with Crippen LogP contribution in [0.3, 0.4) is 0 Å². The molecule has 7 heteroatoms. The lowest BCUT2D eigenvalue weighted by Gasteiger charge is -2.24. The summed E-state index contributed by atoms with van der Waals surface area (Å²) < 4.78 is 0.467. The number of nitrogens with one attached hydrogen (secondary N) is 1. The third-order valence-electron chi connectivity index (χ3n) is 6.02. The number of carbonyl (C=O) groups excluding carboxylic acids is 3. The van der Waals surface area contributed by atoms with Crippen LogP contribution in [0.2, 0.25) is 0 Å². The Bertz CT molecular complexity index is 988. The van der Waals surface area contributed by atoms with Crippen LogP contribution in [0.15, 0.2) is 65.8 Å². The largest absolute Gasteiger partial charge is 0.334 e. The van der Waals surface area contributed by atoms with Gasteiger partial charge in [-0.1, -0.05) is 74.5 Å². The van der Waals surface area contributed by atoms with Crippen molar-refractivity contribution in [2.24, 2.45) is 11.0 Å². The van der Waals surface area contributed by atoms with E-state index in [1.807, 2.05) is 101 Å². The summed E-state index contributed by atoms with van der Waals surface area (Å²) in [4.78, 5) is 40.6. The van der Waals surface area contributed by atoms with Crippen LogP contribution in [0.4, 0.5) is 0 Å². The van der Waals surface area contributed by atoms with Crippen LogP contribution in [0.1, 0.15) is 57.1 Å². The Morgan fingerprint density at radius 2 is 1.38 bits per heavy atom. The number of rotatable bonds is 15. The molecule has 0 spiro atoms. The van der Waals surface area contributed by atoms with Gasteiger partial charge in [0.25, 0.3) is 5.91 Å². The fraction of sp³-hybridized carbons (Fsp3) is 0.467. The van der Waals surface area contributed by atoms with Gasteiger partial charge in [0.2, 0.25) is 5.91 Å². The van der Waals surface area contributed by atoms with E-state index in [0.717, 1.165) is 17.5 Å². The average Bonchev–Trinajstić information content (AvgIpc) is 2.85. The number of nitrogens with zero attached hydrogens (tertiary/aromatic N) is 3. The fourth-order valence-electron chi connectivity index (χ4n) is 4.21. The molecule has 0 aliphatic carbocycles. The molecular formula is C30H43N4O3+. The van der Waals surface area contributed by atoms with Gasteiger partial charge >= 0.3 is 0 Å². The molecule has 1 N–H and O–H groups in total. The quantitative estimate of drug-likeness (QED) is 0.218. The Balaban J connectivity index is 2.22. The first-order valence-corrected chi connectivity index (χ1v) is 13.2. The van der Waals surface area contributed by atoms with Gasteiger partial charge in [-0.25, -0.2) is 5.43 Å². The number of hydrazone groups is 1. The second-order valence-electron chi connectivity index (χ2n) is 10.5. The maximum atomic E-state index is 13.5. The van der Waals surface area contributed by atoms with Gasteiger partial charge in [0, 0.05) is 31.6 Å². The van der Waals surface area contributed by atoms with E-state index in [4.69, 9.17) is 0 Å². The molecular weight excluding hydrogens is 464 g/mol. The summed E-state index contributed by atoms with van der Waals surface area (Å²) in [5.41, 5.74) is 5.32. The van der Waals surface area contributed by atoms with Crippen molar-refractivity contribution in [2.45, 2.75) is 59.0 Å².